The van der Waals surface area contributed by atoms with Crippen molar-refractivity contribution in [2.75, 3.05) is 19.1 Å². The molecule has 0 unspecified atom stereocenters. The second-order valence-corrected chi connectivity index (χ2v) is 7.87. The lowest BCUT2D eigenvalue weighted by Gasteiger charge is -2.32. The average Bonchev–Trinajstić information content (AvgIpc) is 3.57. The summed E-state index contributed by atoms with van der Waals surface area (Å²) < 4.78 is 16.3. The van der Waals surface area contributed by atoms with Crippen LogP contribution in [0.1, 0.15) is 47.8 Å². The van der Waals surface area contributed by atoms with Crippen molar-refractivity contribution in [2.45, 2.75) is 37.8 Å². The van der Waals surface area contributed by atoms with Crippen LogP contribution >= 0.6 is 0 Å². The van der Waals surface area contributed by atoms with Gasteiger partial charge in [0.2, 0.25) is 5.91 Å². The lowest BCUT2D eigenvalue weighted by Crippen LogP contribution is -2.46. The Morgan fingerprint density at radius 2 is 1.94 bits per heavy atom. The lowest BCUT2D eigenvalue weighted by atomic mass is 10.0. The van der Waals surface area contributed by atoms with Crippen LogP contribution in [0.5, 0.6) is 11.5 Å². The highest BCUT2D eigenvalue weighted by molar-refractivity contribution is 6.09. The number of hydrogen-bond acceptors (Lipinski definition) is 6. The first-order valence-electron chi connectivity index (χ1n) is 10.9. The van der Waals surface area contributed by atoms with E-state index in [1.807, 2.05) is 0 Å². The van der Waals surface area contributed by atoms with Gasteiger partial charge in [-0.05, 0) is 43.2 Å². The molecule has 33 heavy (non-hydrogen) atoms. The first kappa shape index (κ1) is 22.4. The third kappa shape index (κ3) is 4.84. The summed E-state index contributed by atoms with van der Waals surface area (Å²) in [6.45, 7) is 0. The van der Waals surface area contributed by atoms with Gasteiger partial charge in [0.15, 0.2) is 5.76 Å². The Morgan fingerprint density at radius 3 is 2.58 bits per heavy atom. The molecule has 1 fully saturated rings. The van der Waals surface area contributed by atoms with Gasteiger partial charge >= 0.3 is 0 Å². The van der Waals surface area contributed by atoms with Gasteiger partial charge < -0.3 is 19.2 Å². The minimum atomic E-state index is -0.987. The molecule has 172 valence electrons. The summed E-state index contributed by atoms with van der Waals surface area (Å²) in [5.41, 5.74) is 0.987. The fraction of sp³-hybridized carbons (Fsp3) is 0.320. The SMILES string of the molecule is COc1ccc(N(C(=O)c2ccco2)[C@@H](C(=O)NC2CCCC2)c2cccnc2)c(OC)c1. The zero-order valence-corrected chi connectivity index (χ0v) is 18.7. The van der Waals surface area contributed by atoms with E-state index in [9.17, 15) is 9.59 Å². The topological polar surface area (TPSA) is 93.9 Å². The number of rotatable bonds is 8. The number of hydrogen-bond donors (Lipinski definition) is 1. The standard InChI is InChI=1S/C25H27N3O5/c1-31-19-11-12-20(22(15-19)32-2)28(25(30)21-10-6-14-33-21)23(17-7-5-13-26-16-17)24(29)27-18-8-3-4-9-18/h5-7,10-16,18,23H,3-4,8-9H2,1-2H3,(H,27,29)/t23-/m1/s1. The number of amides is 2. The molecule has 0 spiro atoms. The molecular formula is C25H27N3O5. The van der Waals surface area contributed by atoms with Crippen LogP contribution in [0.25, 0.3) is 0 Å². The highest BCUT2D eigenvalue weighted by Gasteiger charge is 2.37. The van der Waals surface area contributed by atoms with Crippen LogP contribution in [0, 0.1) is 0 Å². The van der Waals surface area contributed by atoms with Crippen LogP contribution in [0.3, 0.4) is 0 Å². The zero-order chi connectivity index (χ0) is 23.2. The Morgan fingerprint density at radius 1 is 1.12 bits per heavy atom. The molecule has 0 radical (unpaired) electrons. The zero-order valence-electron chi connectivity index (χ0n) is 18.7. The average molecular weight is 450 g/mol. The Hall–Kier alpha value is -3.81. The summed E-state index contributed by atoms with van der Waals surface area (Å²) >= 11 is 0. The predicted molar refractivity (Wildman–Crippen MR) is 122 cm³/mol. The quantitative estimate of drug-likeness (QED) is 0.556. The molecule has 2 amide bonds. The van der Waals surface area contributed by atoms with Gasteiger partial charge in [0, 0.05) is 30.1 Å². The van der Waals surface area contributed by atoms with E-state index in [1.54, 1.807) is 62.0 Å². The van der Waals surface area contributed by atoms with E-state index < -0.39 is 11.9 Å². The second kappa shape index (κ2) is 10.2. The molecule has 1 atom stereocenters. The molecule has 0 aliphatic heterocycles. The Labute approximate surface area is 192 Å². The monoisotopic (exact) mass is 449 g/mol. The first-order valence-corrected chi connectivity index (χ1v) is 10.9. The highest BCUT2D eigenvalue weighted by atomic mass is 16.5. The van der Waals surface area contributed by atoms with E-state index >= 15 is 0 Å². The molecule has 8 heteroatoms. The summed E-state index contributed by atoms with van der Waals surface area (Å²) in [6, 6.07) is 10.9. The normalized spacial score (nSPS) is 14.5. The number of furan rings is 1. The minimum absolute atomic E-state index is 0.0787. The number of carbonyl (C=O) groups excluding carboxylic acids is 2. The molecule has 2 heterocycles. The fourth-order valence-corrected chi connectivity index (χ4v) is 4.17. The maximum atomic E-state index is 13.7. The van der Waals surface area contributed by atoms with Gasteiger partial charge in [-0.15, -0.1) is 0 Å². The lowest BCUT2D eigenvalue weighted by molar-refractivity contribution is -0.123. The molecular weight excluding hydrogens is 422 g/mol. The molecule has 8 nitrogen and oxygen atoms in total. The van der Waals surface area contributed by atoms with Gasteiger partial charge in [-0.25, -0.2) is 0 Å². The van der Waals surface area contributed by atoms with Crippen LogP contribution in [0.15, 0.2) is 65.5 Å². The predicted octanol–water partition coefficient (Wildman–Crippen LogP) is 4.14. The largest absolute Gasteiger partial charge is 0.497 e. The number of carbonyl (C=O) groups is 2. The molecule has 1 N–H and O–H groups in total. The summed E-state index contributed by atoms with van der Waals surface area (Å²) in [6.07, 6.45) is 8.63. The number of nitrogens with one attached hydrogen (secondary N) is 1. The second-order valence-electron chi connectivity index (χ2n) is 7.87. The number of nitrogens with zero attached hydrogens (tertiary/aromatic N) is 2. The van der Waals surface area contributed by atoms with E-state index in [2.05, 4.69) is 10.3 Å². The van der Waals surface area contributed by atoms with Crippen molar-refractivity contribution in [3.8, 4) is 11.5 Å². The summed E-state index contributed by atoms with van der Waals surface area (Å²) in [5.74, 6) is 0.299. The summed E-state index contributed by atoms with van der Waals surface area (Å²) in [7, 11) is 3.05. The van der Waals surface area contributed by atoms with E-state index in [1.165, 1.54) is 18.3 Å². The molecule has 4 rings (SSSR count). The van der Waals surface area contributed by atoms with Crippen molar-refractivity contribution in [1.29, 1.82) is 0 Å². The number of pyridine rings is 1. The van der Waals surface area contributed by atoms with Gasteiger partial charge in [-0.2, -0.15) is 0 Å². The van der Waals surface area contributed by atoms with Crippen molar-refractivity contribution >= 4 is 17.5 Å². The van der Waals surface area contributed by atoms with Gasteiger partial charge in [-0.3, -0.25) is 19.5 Å². The molecule has 0 saturated heterocycles. The Bertz CT molecular complexity index is 1080. The molecule has 1 aromatic carbocycles. The van der Waals surface area contributed by atoms with Crippen LogP contribution in [0.2, 0.25) is 0 Å². The number of methoxy groups -OCH3 is 2. The molecule has 1 aliphatic rings. The van der Waals surface area contributed by atoms with E-state index in [0.29, 0.717) is 22.7 Å². The van der Waals surface area contributed by atoms with E-state index in [4.69, 9.17) is 13.9 Å². The van der Waals surface area contributed by atoms with Gasteiger partial charge in [0.25, 0.3) is 5.91 Å². The van der Waals surface area contributed by atoms with E-state index in [0.717, 1.165) is 25.7 Å². The van der Waals surface area contributed by atoms with Crippen LogP contribution < -0.4 is 19.7 Å². The maximum Gasteiger partial charge on any atom is 0.295 e. The van der Waals surface area contributed by atoms with Crippen LogP contribution in [-0.4, -0.2) is 37.1 Å². The highest BCUT2D eigenvalue weighted by Crippen LogP contribution is 2.38. The number of ether oxygens (including phenoxy) is 2. The number of benzene rings is 1. The van der Waals surface area contributed by atoms with Gasteiger partial charge in [-0.1, -0.05) is 18.9 Å². The van der Waals surface area contributed by atoms with Crippen LogP contribution in [0.4, 0.5) is 5.69 Å². The number of aromatic nitrogens is 1. The van der Waals surface area contributed by atoms with Crippen molar-refractivity contribution in [3.05, 3.63) is 72.4 Å². The van der Waals surface area contributed by atoms with Gasteiger partial charge in [0.05, 0.1) is 26.2 Å². The first-order chi connectivity index (χ1) is 16.1. The van der Waals surface area contributed by atoms with Crippen molar-refractivity contribution in [1.82, 2.24) is 10.3 Å². The third-order valence-electron chi connectivity index (χ3n) is 5.81. The maximum absolute atomic E-state index is 13.7. The molecule has 1 aliphatic carbocycles. The number of anilines is 1. The van der Waals surface area contributed by atoms with Crippen molar-refractivity contribution in [3.63, 3.8) is 0 Å². The summed E-state index contributed by atoms with van der Waals surface area (Å²) in [5, 5.41) is 3.13. The van der Waals surface area contributed by atoms with E-state index in [-0.39, 0.29) is 17.7 Å². The Balaban J connectivity index is 1.84. The molecule has 1 saturated carbocycles. The van der Waals surface area contributed by atoms with Crippen molar-refractivity contribution < 1.29 is 23.5 Å². The van der Waals surface area contributed by atoms with Crippen molar-refractivity contribution in [2.24, 2.45) is 0 Å². The molecule has 2 aromatic heterocycles. The fourth-order valence-electron chi connectivity index (χ4n) is 4.17. The molecule has 0 bridgehead atoms. The summed E-state index contributed by atoms with van der Waals surface area (Å²) in [4.78, 5) is 33.0. The molecule has 3 aromatic rings. The third-order valence-corrected chi connectivity index (χ3v) is 5.81. The minimum Gasteiger partial charge on any atom is -0.497 e. The smallest absolute Gasteiger partial charge is 0.295 e. The van der Waals surface area contributed by atoms with Crippen LogP contribution in [-0.2, 0) is 4.79 Å². The Kier molecular flexibility index (Phi) is 6.92. The van der Waals surface area contributed by atoms with Gasteiger partial charge in [0.1, 0.15) is 17.5 Å².